The van der Waals surface area contributed by atoms with Crippen LogP contribution in [-0.4, -0.2) is 32.4 Å². The van der Waals surface area contributed by atoms with Crippen molar-refractivity contribution in [3.05, 3.63) is 4.88 Å². The van der Waals surface area contributed by atoms with Crippen LogP contribution in [0, 0.1) is 5.92 Å². The van der Waals surface area contributed by atoms with Crippen molar-refractivity contribution in [2.24, 2.45) is 5.92 Å². The number of carbonyl (C=O) groups is 1. The van der Waals surface area contributed by atoms with E-state index in [4.69, 9.17) is 10.5 Å². The molecule has 1 heterocycles. The first-order chi connectivity index (χ1) is 8.92. The maximum atomic E-state index is 11.9. The van der Waals surface area contributed by atoms with Gasteiger partial charge in [-0.1, -0.05) is 13.8 Å². The van der Waals surface area contributed by atoms with Crippen LogP contribution in [0.3, 0.4) is 0 Å². The number of hydrogen-bond donors (Lipinski definition) is 1. The van der Waals surface area contributed by atoms with E-state index in [0.717, 1.165) is 16.4 Å². The number of nitrogen functional groups attached to an aromatic ring is 1. The molecule has 1 aromatic rings. The van der Waals surface area contributed by atoms with Gasteiger partial charge in [0.15, 0.2) is 0 Å². The maximum Gasteiger partial charge on any atom is 0.350 e. The van der Waals surface area contributed by atoms with Gasteiger partial charge in [-0.05, 0) is 19.1 Å². The van der Waals surface area contributed by atoms with Gasteiger partial charge in [0, 0.05) is 13.6 Å². The number of nitrogens with zero attached hydrogens (tertiary/aromatic N) is 1. The Labute approximate surface area is 123 Å². The average Bonchev–Trinajstić information content (AvgIpc) is 2.65. The molecule has 4 nitrogen and oxygen atoms in total. The third kappa shape index (κ3) is 3.79. The lowest BCUT2D eigenvalue weighted by molar-refractivity contribution is 0.0533. The standard InChI is InChI=1S/C13H22N2O2S2/c1-6-17-13(16)11-9(14)10(18-5)12(19-11)15(4)7-8(2)3/h8H,6-7,14H2,1-5H3. The van der Waals surface area contributed by atoms with Gasteiger partial charge in [-0.3, -0.25) is 0 Å². The normalized spacial score (nSPS) is 10.8. The summed E-state index contributed by atoms with van der Waals surface area (Å²) >= 11 is 2.98. The highest BCUT2D eigenvalue weighted by atomic mass is 32.2. The second-order valence-corrected chi connectivity index (χ2v) is 6.49. The van der Waals surface area contributed by atoms with Crippen LogP contribution < -0.4 is 10.6 Å². The number of nitrogens with two attached hydrogens (primary N) is 1. The second-order valence-electron chi connectivity index (χ2n) is 4.68. The summed E-state index contributed by atoms with van der Waals surface area (Å²) in [5.41, 5.74) is 6.62. The first kappa shape index (κ1) is 16.2. The number of hydrogen-bond acceptors (Lipinski definition) is 6. The predicted molar refractivity (Wildman–Crippen MR) is 84.6 cm³/mol. The lowest BCUT2D eigenvalue weighted by Crippen LogP contribution is -2.21. The Bertz CT molecular complexity index is 444. The van der Waals surface area contributed by atoms with E-state index in [0.29, 0.717) is 23.1 Å². The smallest absolute Gasteiger partial charge is 0.350 e. The van der Waals surface area contributed by atoms with Crippen molar-refractivity contribution in [2.45, 2.75) is 25.7 Å². The molecule has 0 aliphatic rings. The van der Waals surface area contributed by atoms with Crippen LogP contribution >= 0.6 is 23.1 Å². The van der Waals surface area contributed by atoms with E-state index < -0.39 is 0 Å². The van der Waals surface area contributed by atoms with Crippen LogP contribution in [0.5, 0.6) is 0 Å². The number of ether oxygens (including phenoxy) is 1. The quantitative estimate of drug-likeness (QED) is 0.645. The molecule has 1 rings (SSSR count). The van der Waals surface area contributed by atoms with Gasteiger partial charge < -0.3 is 15.4 Å². The van der Waals surface area contributed by atoms with Gasteiger partial charge in [0.1, 0.15) is 9.88 Å². The Morgan fingerprint density at radius 2 is 2.16 bits per heavy atom. The van der Waals surface area contributed by atoms with E-state index in [9.17, 15) is 4.79 Å². The first-order valence-electron chi connectivity index (χ1n) is 6.26. The third-order valence-electron chi connectivity index (χ3n) is 2.53. The SMILES string of the molecule is CCOC(=O)c1sc(N(C)CC(C)C)c(SC)c1N. The van der Waals surface area contributed by atoms with E-state index in [-0.39, 0.29) is 5.97 Å². The number of rotatable bonds is 6. The van der Waals surface area contributed by atoms with Crippen LogP contribution in [0.15, 0.2) is 4.90 Å². The van der Waals surface area contributed by atoms with Crippen molar-refractivity contribution in [3.63, 3.8) is 0 Å². The molecule has 0 saturated heterocycles. The van der Waals surface area contributed by atoms with Gasteiger partial charge >= 0.3 is 5.97 Å². The van der Waals surface area contributed by atoms with Crippen LogP contribution in [-0.2, 0) is 4.74 Å². The molecule has 0 unspecified atom stereocenters. The molecular weight excluding hydrogens is 280 g/mol. The number of thiophene rings is 1. The molecule has 2 N–H and O–H groups in total. The molecule has 0 amide bonds. The molecule has 0 bridgehead atoms. The van der Waals surface area contributed by atoms with Crippen LogP contribution in [0.1, 0.15) is 30.4 Å². The van der Waals surface area contributed by atoms with Gasteiger partial charge in [0.25, 0.3) is 0 Å². The van der Waals surface area contributed by atoms with E-state index in [1.807, 2.05) is 13.3 Å². The molecule has 0 atom stereocenters. The number of carbonyl (C=O) groups excluding carboxylic acids is 1. The highest BCUT2D eigenvalue weighted by Gasteiger charge is 2.23. The zero-order valence-electron chi connectivity index (χ0n) is 12.1. The predicted octanol–water partition coefficient (Wildman–Crippen LogP) is 3.32. The van der Waals surface area contributed by atoms with E-state index in [1.54, 1.807) is 18.7 Å². The summed E-state index contributed by atoms with van der Waals surface area (Å²) in [6, 6.07) is 0. The Balaban J connectivity index is 3.11. The highest BCUT2D eigenvalue weighted by molar-refractivity contribution is 7.99. The largest absolute Gasteiger partial charge is 0.462 e. The molecule has 0 aliphatic carbocycles. The fourth-order valence-corrected chi connectivity index (χ4v) is 3.92. The third-order valence-corrected chi connectivity index (χ3v) is 4.78. The molecule has 0 aliphatic heterocycles. The molecule has 1 aromatic heterocycles. The van der Waals surface area contributed by atoms with E-state index in [2.05, 4.69) is 18.7 Å². The van der Waals surface area contributed by atoms with E-state index in [1.165, 1.54) is 11.3 Å². The van der Waals surface area contributed by atoms with Crippen molar-refractivity contribution >= 4 is 39.8 Å². The first-order valence-corrected chi connectivity index (χ1v) is 8.30. The highest BCUT2D eigenvalue weighted by Crippen LogP contribution is 2.43. The Kier molecular flexibility index (Phi) is 6.00. The maximum absolute atomic E-state index is 11.9. The Morgan fingerprint density at radius 1 is 1.53 bits per heavy atom. The molecule has 0 fully saturated rings. The molecular formula is C13H22N2O2S2. The summed E-state index contributed by atoms with van der Waals surface area (Å²) < 4.78 is 5.05. The minimum absolute atomic E-state index is 0.329. The van der Waals surface area contributed by atoms with Crippen molar-refractivity contribution < 1.29 is 9.53 Å². The lowest BCUT2D eigenvalue weighted by Gasteiger charge is -2.20. The van der Waals surface area contributed by atoms with Crippen LogP contribution in [0.2, 0.25) is 0 Å². The minimum atomic E-state index is -0.329. The zero-order valence-corrected chi connectivity index (χ0v) is 13.8. The molecule has 6 heteroatoms. The zero-order chi connectivity index (χ0) is 14.6. The van der Waals surface area contributed by atoms with Crippen molar-refractivity contribution in [2.75, 3.05) is 37.1 Å². The summed E-state index contributed by atoms with van der Waals surface area (Å²) in [7, 11) is 2.03. The lowest BCUT2D eigenvalue weighted by atomic mass is 10.2. The van der Waals surface area contributed by atoms with Gasteiger partial charge in [-0.15, -0.1) is 23.1 Å². The summed E-state index contributed by atoms with van der Waals surface area (Å²) in [4.78, 5) is 15.5. The molecule has 0 aromatic carbocycles. The van der Waals surface area contributed by atoms with Gasteiger partial charge in [-0.25, -0.2) is 4.79 Å². The summed E-state index contributed by atoms with van der Waals surface area (Å²) in [5, 5.41) is 1.04. The molecule has 0 radical (unpaired) electrons. The monoisotopic (exact) mass is 302 g/mol. The molecule has 0 spiro atoms. The number of esters is 1. The van der Waals surface area contributed by atoms with Gasteiger partial charge in [0.2, 0.25) is 0 Å². The van der Waals surface area contributed by atoms with Gasteiger partial charge in [-0.2, -0.15) is 0 Å². The summed E-state index contributed by atoms with van der Waals surface area (Å²) in [6.45, 7) is 7.41. The fourth-order valence-electron chi connectivity index (χ4n) is 1.84. The number of anilines is 2. The second kappa shape index (κ2) is 7.05. The van der Waals surface area contributed by atoms with Gasteiger partial charge in [0.05, 0.1) is 17.2 Å². The van der Waals surface area contributed by atoms with Crippen LogP contribution in [0.25, 0.3) is 0 Å². The Hall–Kier alpha value is -0.880. The summed E-state index contributed by atoms with van der Waals surface area (Å²) in [6.07, 6.45) is 1.97. The minimum Gasteiger partial charge on any atom is -0.462 e. The van der Waals surface area contributed by atoms with Crippen LogP contribution in [0.4, 0.5) is 10.7 Å². The van der Waals surface area contributed by atoms with Crippen molar-refractivity contribution in [1.29, 1.82) is 0 Å². The fraction of sp³-hybridized carbons (Fsp3) is 0.615. The van der Waals surface area contributed by atoms with E-state index >= 15 is 0 Å². The average molecular weight is 302 g/mol. The molecule has 108 valence electrons. The van der Waals surface area contributed by atoms with Crippen molar-refractivity contribution in [1.82, 2.24) is 0 Å². The molecule has 19 heavy (non-hydrogen) atoms. The molecule has 0 saturated carbocycles. The Morgan fingerprint density at radius 3 is 2.63 bits per heavy atom. The number of thioether (sulfide) groups is 1. The topological polar surface area (TPSA) is 55.6 Å². The summed E-state index contributed by atoms with van der Waals surface area (Å²) in [5.74, 6) is 0.221. The van der Waals surface area contributed by atoms with Crippen molar-refractivity contribution in [3.8, 4) is 0 Å².